The molecule has 0 bridgehead atoms. The molecule has 0 unspecified atom stereocenters. The van der Waals surface area contributed by atoms with Crippen molar-refractivity contribution in [3.05, 3.63) is 0 Å². The molecule has 102 valence electrons. The van der Waals surface area contributed by atoms with Gasteiger partial charge in [-0.1, -0.05) is 19.3 Å². The maximum absolute atomic E-state index is 5.40. The van der Waals surface area contributed by atoms with Gasteiger partial charge in [-0.15, -0.1) is 0 Å². The van der Waals surface area contributed by atoms with Gasteiger partial charge in [0.1, 0.15) is 0 Å². The normalized spacial score (nSPS) is 19.4. The first kappa shape index (κ1) is 15.3. The van der Waals surface area contributed by atoms with Gasteiger partial charge in [0.25, 0.3) is 0 Å². The molecule has 1 saturated carbocycles. The van der Waals surface area contributed by atoms with E-state index in [-0.39, 0.29) is 0 Å². The Hall–Kier alpha value is 0.230. The van der Waals surface area contributed by atoms with Gasteiger partial charge < -0.3 is 16.4 Å². The van der Waals surface area contributed by atoms with Crippen molar-refractivity contribution in [1.82, 2.24) is 10.6 Å². The Bertz CT molecular complexity index is 182. The smallest absolute Gasteiger partial charge is 0.0130 e. The minimum Gasteiger partial charge on any atom is -0.329 e. The van der Waals surface area contributed by atoms with E-state index in [9.17, 15) is 0 Å². The van der Waals surface area contributed by atoms with Gasteiger partial charge in [0.2, 0.25) is 0 Å². The van der Waals surface area contributed by atoms with Crippen LogP contribution in [-0.2, 0) is 0 Å². The Labute approximate surface area is 112 Å². The summed E-state index contributed by atoms with van der Waals surface area (Å²) in [4.78, 5) is 0. The SMILES string of the molecule is NCCNCCNCCCC1(S)CCCCC1. The molecule has 0 aromatic carbocycles. The van der Waals surface area contributed by atoms with Crippen LogP contribution in [0.15, 0.2) is 0 Å². The van der Waals surface area contributed by atoms with Gasteiger partial charge in [-0.25, -0.2) is 0 Å². The van der Waals surface area contributed by atoms with Crippen LogP contribution in [-0.4, -0.2) is 37.5 Å². The van der Waals surface area contributed by atoms with Crippen LogP contribution in [0.2, 0.25) is 0 Å². The molecular weight excluding hydrogens is 230 g/mol. The van der Waals surface area contributed by atoms with Gasteiger partial charge in [-0.3, -0.25) is 0 Å². The van der Waals surface area contributed by atoms with Crippen molar-refractivity contribution in [1.29, 1.82) is 0 Å². The Morgan fingerprint density at radius 2 is 1.59 bits per heavy atom. The van der Waals surface area contributed by atoms with Gasteiger partial charge >= 0.3 is 0 Å². The zero-order chi connectivity index (χ0) is 12.4. The summed E-state index contributed by atoms with van der Waals surface area (Å²) in [5.41, 5.74) is 5.40. The summed E-state index contributed by atoms with van der Waals surface area (Å²) in [7, 11) is 0. The van der Waals surface area contributed by atoms with E-state index in [4.69, 9.17) is 18.4 Å². The minimum absolute atomic E-state index is 0.345. The van der Waals surface area contributed by atoms with E-state index in [1.807, 2.05) is 0 Å². The second-order valence-electron chi connectivity index (χ2n) is 5.18. The van der Waals surface area contributed by atoms with Crippen LogP contribution in [0.5, 0.6) is 0 Å². The first-order valence-corrected chi connectivity index (χ1v) is 7.55. The van der Waals surface area contributed by atoms with Crippen LogP contribution in [0.3, 0.4) is 0 Å². The van der Waals surface area contributed by atoms with Crippen LogP contribution < -0.4 is 16.4 Å². The molecule has 17 heavy (non-hydrogen) atoms. The Kier molecular flexibility index (Phi) is 8.27. The summed E-state index contributed by atoms with van der Waals surface area (Å²) in [5.74, 6) is 0. The first-order chi connectivity index (χ1) is 8.27. The molecule has 0 heterocycles. The molecule has 0 spiro atoms. The van der Waals surface area contributed by atoms with Crippen molar-refractivity contribution in [2.45, 2.75) is 49.7 Å². The van der Waals surface area contributed by atoms with E-state index in [1.54, 1.807) is 0 Å². The number of nitrogens with two attached hydrogens (primary N) is 1. The second kappa shape index (κ2) is 9.20. The highest BCUT2D eigenvalue weighted by Crippen LogP contribution is 2.37. The van der Waals surface area contributed by atoms with E-state index in [1.165, 1.54) is 44.9 Å². The van der Waals surface area contributed by atoms with E-state index < -0.39 is 0 Å². The fourth-order valence-electron chi connectivity index (χ4n) is 2.53. The van der Waals surface area contributed by atoms with E-state index in [0.717, 1.165) is 32.7 Å². The minimum atomic E-state index is 0.345. The van der Waals surface area contributed by atoms with Crippen LogP contribution in [0.4, 0.5) is 0 Å². The van der Waals surface area contributed by atoms with E-state index in [0.29, 0.717) is 4.75 Å². The van der Waals surface area contributed by atoms with Gasteiger partial charge in [0.15, 0.2) is 0 Å². The number of hydrogen-bond acceptors (Lipinski definition) is 4. The van der Waals surface area contributed by atoms with Crippen molar-refractivity contribution < 1.29 is 0 Å². The zero-order valence-electron chi connectivity index (χ0n) is 11.0. The highest BCUT2D eigenvalue weighted by Gasteiger charge is 2.26. The fourth-order valence-corrected chi connectivity index (χ4v) is 3.01. The maximum Gasteiger partial charge on any atom is 0.0130 e. The molecule has 0 atom stereocenters. The van der Waals surface area contributed by atoms with Crippen molar-refractivity contribution >= 4 is 12.6 Å². The van der Waals surface area contributed by atoms with Crippen LogP contribution in [0, 0.1) is 0 Å². The Morgan fingerprint density at radius 3 is 2.24 bits per heavy atom. The largest absolute Gasteiger partial charge is 0.329 e. The summed E-state index contributed by atoms with van der Waals surface area (Å²) in [6.07, 6.45) is 9.30. The molecule has 0 aromatic heterocycles. The monoisotopic (exact) mass is 259 g/mol. The highest BCUT2D eigenvalue weighted by atomic mass is 32.1. The molecule has 0 aromatic rings. The number of thiol groups is 1. The van der Waals surface area contributed by atoms with Gasteiger partial charge in [-0.05, 0) is 32.2 Å². The molecule has 0 amide bonds. The standard InChI is InChI=1S/C13H29N3S/c14-8-10-16-12-11-15-9-4-7-13(17)5-2-1-3-6-13/h15-17H,1-12,14H2. The third-order valence-electron chi connectivity index (χ3n) is 3.58. The summed E-state index contributed by atoms with van der Waals surface area (Å²) < 4.78 is 0.345. The maximum atomic E-state index is 5.40. The summed E-state index contributed by atoms with van der Waals surface area (Å²) in [6.45, 7) is 4.82. The highest BCUT2D eigenvalue weighted by molar-refractivity contribution is 7.81. The van der Waals surface area contributed by atoms with E-state index in [2.05, 4.69) is 10.6 Å². The van der Waals surface area contributed by atoms with Crippen LogP contribution in [0.1, 0.15) is 44.9 Å². The molecule has 3 nitrogen and oxygen atoms in total. The number of nitrogens with one attached hydrogen (secondary N) is 2. The average Bonchev–Trinajstić information content (AvgIpc) is 2.33. The molecule has 1 rings (SSSR count). The molecular formula is C13H29N3S. The number of rotatable bonds is 9. The lowest BCUT2D eigenvalue weighted by atomic mass is 9.85. The quantitative estimate of drug-likeness (QED) is 0.375. The third kappa shape index (κ3) is 7.29. The molecule has 4 N–H and O–H groups in total. The summed E-state index contributed by atoms with van der Waals surface area (Å²) >= 11 is 4.87. The van der Waals surface area contributed by atoms with Crippen molar-refractivity contribution in [3.63, 3.8) is 0 Å². The molecule has 0 aliphatic heterocycles. The van der Waals surface area contributed by atoms with E-state index >= 15 is 0 Å². The lowest BCUT2D eigenvalue weighted by Crippen LogP contribution is -2.32. The Balaban J connectivity index is 1.89. The molecule has 1 aliphatic rings. The van der Waals surface area contributed by atoms with Crippen LogP contribution in [0.25, 0.3) is 0 Å². The molecule has 0 saturated heterocycles. The van der Waals surface area contributed by atoms with Crippen molar-refractivity contribution in [2.75, 3.05) is 32.7 Å². The Morgan fingerprint density at radius 1 is 0.941 bits per heavy atom. The molecule has 4 heteroatoms. The average molecular weight is 259 g/mol. The third-order valence-corrected chi connectivity index (χ3v) is 4.25. The number of hydrogen-bond donors (Lipinski definition) is 4. The predicted octanol–water partition coefficient (Wildman–Crippen LogP) is 1.54. The van der Waals surface area contributed by atoms with Gasteiger partial charge in [-0.2, -0.15) is 12.6 Å². The lowest BCUT2D eigenvalue weighted by molar-refractivity contribution is 0.371. The predicted molar refractivity (Wildman–Crippen MR) is 78.8 cm³/mol. The van der Waals surface area contributed by atoms with Gasteiger partial charge in [0.05, 0.1) is 0 Å². The molecule has 1 fully saturated rings. The van der Waals surface area contributed by atoms with Crippen molar-refractivity contribution in [3.8, 4) is 0 Å². The fraction of sp³-hybridized carbons (Fsp3) is 1.00. The second-order valence-corrected chi connectivity index (χ2v) is 6.13. The van der Waals surface area contributed by atoms with Crippen LogP contribution >= 0.6 is 12.6 Å². The van der Waals surface area contributed by atoms with Crippen molar-refractivity contribution in [2.24, 2.45) is 5.73 Å². The summed E-state index contributed by atoms with van der Waals surface area (Å²) in [6, 6.07) is 0. The van der Waals surface area contributed by atoms with Gasteiger partial charge in [0, 0.05) is 30.9 Å². The molecule has 1 aliphatic carbocycles. The lowest BCUT2D eigenvalue weighted by Gasteiger charge is -2.32. The summed E-state index contributed by atoms with van der Waals surface area (Å²) in [5, 5.41) is 6.74. The molecule has 0 radical (unpaired) electrons. The topological polar surface area (TPSA) is 50.1 Å². The zero-order valence-corrected chi connectivity index (χ0v) is 11.9. The first-order valence-electron chi connectivity index (χ1n) is 7.11.